The van der Waals surface area contributed by atoms with Gasteiger partial charge in [0.05, 0.1) is 0 Å². The van der Waals surface area contributed by atoms with Crippen molar-refractivity contribution in [1.29, 1.82) is 0 Å². The monoisotopic (exact) mass is 301 g/mol. The molecule has 0 aromatic heterocycles. The van der Waals surface area contributed by atoms with Crippen molar-refractivity contribution in [3.63, 3.8) is 0 Å². The average Bonchev–Trinajstić information content (AvgIpc) is 2.76. The molecule has 6 heteroatoms. The smallest absolute Gasteiger partial charge is 0.194 e. The van der Waals surface area contributed by atoms with E-state index < -0.39 is 17.5 Å². The van der Waals surface area contributed by atoms with Gasteiger partial charge < -0.3 is 4.90 Å². The molecule has 3 nitrogen and oxygen atoms in total. The first kappa shape index (κ1) is 16.3. The van der Waals surface area contributed by atoms with Crippen LogP contribution < -0.4 is 10.9 Å². The van der Waals surface area contributed by atoms with Crippen LogP contribution in [0.15, 0.2) is 12.1 Å². The largest absolute Gasteiger partial charge is 0.302 e. The van der Waals surface area contributed by atoms with E-state index >= 15 is 0 Å². The highest BCUT2D eigenvalue weighted by molar-refractivity contribution is 5.20. The maximum absolute atomic E-state index is 13.6. The van der Waals surface area contributed by atoms with Crippen LogP contribution in [0, 0.1) is 23.4 Å². The molecule has 0 radical (unpaired) electrons. The Bertz CT molecular complexity index is 485. The Morgan fingerprint density at radius 2 is 1.67 bits per heavy atom. The molecule has 1 aliphatic heterocycles. The van der Waals surface area contributed by atoms with E-state index in [4.69, 9.17) is 0 Å². The minimum Gasteiger partial charge on any atom is -0.302 e. The van der Waals surface area contributed by atoms with E-state index in [1.54, 1.807) is 0 Å². The van der Waals surface area contributed by atoms with E-state index in [9.17, 15) is 13.2 Å². The molecule has 1 heterocycles. The minimum absolute atomic E-state index is 0.181. The van der Waals surface area contributed by atoms with E-state index in [2.05, 4.69) is 24.7 Å². The number of halogens is 3. The lowest BCUT2D eigenvalue weighted by atomic mass is 9.93. The zero-order valence-corrected chi connectivity index (χ0v) is 12.6. The van der Waals surface area contributed by atoms with Gasteiger partial charge in [0.2, 0.25) is 0 Å². The molecular formula is C15H22F3N3. The first-order valence-electron chi connectivity index (χ1n) is 7.22. The Hall–Kier alpha value is -1.11. The van der Waals surface area contributed by atoms with Crippen molar-refractivity contribution >= 4 is 0 Å². The summed E-state index contributed by atoms with van der Waals surface area (Å²) >= 11 is 0. The topological polar surface area (TPSA) is 27.3 Å². The molecule has 2 atom stereocenters. The van der Waals surface area contributed by atoms with Crippen molar-refractivity contribution < 1.29 is 13.2 Å². The van der Waals surface area contributed by atoms with Gasteiger partial charge in [-0.2, -0.15) is 0 Å². The lowest BCUT2D eigenvalue weighted by Gasteiger charge is -2.23. The number of hydrogen-bond acceptors (Lipinski definition) is 3. The molecule has 1 aromatic rings. The van der Waals surface area contributed by atoms with Crippen molar-refractivity contribution in [2.75, 3.05) is 13.6 Å². The van der Waals surface area contributed by atoms with Gasteiger partial charge >= 0.3 is 0 Å². The van der Waals surface area contributed by atoms with Crippen LogP contribution in [0.1, 0.15) is 25.8 Å². The third-order valence-corrected chi connectivity index (χ3v) is 4.22. The van der Waals surface area contributed by atoms with Crippen molar-refractivity contribution in [2.45, 2.75) is 38.9 Å². The van der Waals surface area contributed by atoms with E-state index in [-0.39, 0.29) is 12.1 Å². The molecule has 0 aliphatic carbocycles. The number of rotatable bonds is 5. The van der Waals surface area contributed by atoms with Crippen LogP contribution in [0.3, 0.4) is 0 Å². The van der Waals surface area contributed by atoms with Gasteiger partial charge in [0.15, 0.2) is 17.5 Å². The molecule has 21 heavy (non-hydrogen) atoms. The molecule has 1 fully saturated rings. The number of nitrogens with one attached hydrogen (secondary N) is 2. The Labute approximate surface area is 123 Å². The molecule has 0 amide bonds. The fourth-order valence-corrected chi connectivity index (χ4v) is 2.84. The Morgan fingerprint density at radius 3 is 2.29 bits per heavy atom. The van der Waals surface area contributed by atoms with Gasteiger partial charge in [-0.25, -0.2) is 13.2 Å². The molecular weight excluding hydrogens is 279 g/mol. The molecule has 2 unspecified atom stereocenters. The fourth-order valence-electron chi connectivity index (χ4n) is 2.84. The summed E-state index contributed by atoms with van der Waals surface area (Å²) in [6.45, 7) is 5.27. The van der Waals surface area contributed by atoms with Crippen LogP contribution in [0.25, 0.3) is 0 Å². The molecule has 2 N–H and O–H groups in total. The highest BCUT2D eigenvalue weighted by atomic mass is 19.2. The standard InChI is InChI=1S/C15H22F3N3/c1-9-12(10(2)20-19-9)6-7-21(3)8-11-4-5-13(16)15(18)14(11)17/h4-5,9-10,12,19-20H,6-8H2,1-3H3. The summed E-state index contributed by atoms with van der Waals surface area (Å²) in [6, 6.07) is 3.03. The molecule has 1 aromatic carbocycles. The van der Waals surface area contributed by atoms with Crippen LogP contribution in [0.2, 0.25) is 0 Å². The van der Waals surface area contributed by atoms with Crippen molar-refractivity contribution in [1.82, 2.24) is 15.8 Å². The summed E-state index contributed by atoms with van der Waals surface area (Å²) < 4.78 is 39.7. The van der Waals surface area contributed by atoms with Gasteiger partial charge in [0.25, 0.3) is 0 Å². The van der Waals surface area contributed by atoms with Gasteiger partial charge in [-0.15, -0.1) is 0 Å². The number of hydrogen-bond donors (Lipinski definition) is 2. The van der Waals surface area contributed by atoms with Gasteiger partial charge in [-0.1, -0.05) is 6.07 Å². The van der Waals surface area contributed by atoms with Crippen molar-refractivity contribution in [3.8, 4) is 0 Å². The maximum Gasteiger partial charge on any atom is 0.194 e. The molecule has 2 rings (SSSR count). The van der Waals surface area contributed by atoms with Gasteiger partial charge in [0.1, 0.15) is 0 Å². The first-order valence-corrected chi connectivity index (χ1v) is 7.22. The predicted octanol–water partition coefficient (Wildman–Crippen LogP) is 2.43. The molecule has 0 bridgehead atoms. The second-order valence-electron chi connectivity index (χ2n) is 5.89. The van der Waals surface area contributed by atoms with Crippen LogP contribution in [-0.2, 0) is 6.54 Å². The van der Waals surface area contributed by atoms with Crippen molar-refractivity contribution in [3.05, 3.63) is 35.1 Å². The van der Waals surface area contributed by atoms with Crippen LogP contribution in [-0.4, -0.2) is 30.6 Å². The van der Waals surface area contributed by atoms with Gasteiger partial charge in [-0.3, -0.25) is 10.9 Å². The number of nitrogens with zero attached hydrogens (tertiary/aromatic N) is 1. The van der Waals surface area contributed by atoms with Gasteiger partial charge in [-0.05, 0) is 45.8 Å². The van der Waals surface area contributed by atoms with E-state index in [1.165, 1.54) is 6.07 Å². The molecule has 1 saturated heterocycles. The second kappa shape index (κ2) is 6.77. The summed E-state index contributed by atoms with van der Waals surface area (Å²) in [5, 5.41) is 0. The Balaban J connectivity index is 1.90. The average molecular weight is 301 g/mol. The van der Waals surface area contributed by atoms with Gasteiger partial charge in [0, 0.05) is 24.2 Å². The Kier molecular flexibility index (Phi) is 5.24. The maximum atomic E-state index is 13.6. The highest BCUT2D eigenvalue weighted by Gasteiger charge is 2.29. The number of benzene rings is 1. The zero-order valence-electron chi connectivity index (χ0n) is 12.6. The molecule has 1 aliphatic rings. The third kappa shape index (κ3) is 3.75. The summed E-state index contributed by atoms with van der Waals surface area (Å²) in [5.41, 5.74) is 6.57. The lowest BCUT2D eigenvalue weighted by Crippen LogP contribution is -2.30. The van der Waals surface area contributed by atoms with Crippen LogP contribution in [0.4, 0.5) is 13.2 Å². The second-order valence-corrected chi connectivity index (χ2v) is 5.89. The lowest BCUT2D eigenvalue weighted by molar-refractivity contribution is 0.274. The summed E-state index contributed by atoms with van der Waals surface area (Å²) in [7, 11) is 1.85. The molecule has 0 spiro atoms. The fraction of sp³-hybridized carbons (Fsp3) is 0.600. The predicted molar refractivity (Wildman–Crippen MR) is 76.0 cm³/mol. The molecule has 118 valence electrons. The first-order chi connectivity index (χ1) is 9.90. The Morgan fingerprint density at radius 1 is 1.05 bits per heavy atom. The van der Waals surface area contributed by atoms with Crippen LogP contribution >= 0.6 is 0 Å². The third-order valence-electron chi connectivity index (χ3n) is 4.22. The quantitative estimate of drug-likeness (QED) is 0.818. The van der Waals surface area contributed by atoms with E-state index in [0.717, 1.165) is 19.0 Å². The SMILES string of the molecule is CC1NNC(C)C1CCN(C)Cc1ccc(F)c(F)c1F. The molecule has 0 saturated carbocycles. The minimum atomic E-state index is -1.40. The summed E-state index contributed by atoms with van der Waals surface area (Å²) in [4.78, 5) is 1.92. The normalized spacial score (nSPS) is 25.8. The van der Waals surface area contributed by atoms with Crippen LogP contribution in [0.5, 0.6) is 0 Å². The van der Waals surface area contributed by atoms with E-state index in [0.29, 0.717) is 18.0 Å². The van der Waals surface area contributed by atoms with Crippen molar-refractivity contribution in [2.24, 2.45) is 5.92 Å². The number of hydrazine groups is 1. The zero-order chi connectivity index (χ0) is 15.6. The summed E-state index contributed by atoms with van der Waals surface area (Å²) in [6.07, 6.45) is 0.949. The highest BCUT2D eigenvalue weighted by Crippen LogP contribution is 2.20. The summed E-state index contributed by atoms with van der Waals surface area (Å²) in [5.74, 6) is -3.15. The van der Waals surface area contributed by atoms with E-state index in [1.807, 2.05) is 11.9 Å².